The molecule has 1 N–H and O–H groups in total. The van der Waals surface area contributed by atoms with Gasteiger partial charge in [-0.3, -0.25) is 14.5 Å². The van der Waals surface area contributed by atoms with Gasteiger partial charge in [0.2, 0.25) is 0 Å². The van der Waals surface area contributed by atoms with Crippen molar-refractivity contribution in [3.05, 3.63) is 47.3 Å². The van der Waals surface area contributed by atoms with E-state index in [0.717, 1.165) is 24.7 Å². The predicted octanol–water partition coefficient (Wildman–Crippen LogP) is 3.58. The van der Waals surface area contributed by atoms with E-state index in [1.165, 1.54) is 6.07 Å². The Kier molecular flexibility index (Phi) is 5.47. The van der Waals surface area contributed by atoms with E-state index in [1.807, 2.05) is 18.5 Å². The average molecular weight is 318 g/mol. The Balaban J connectivity index is 2.13. The molecule has 2 aromatic rings. The molecule has 0 bridgehead atoms. The molecule has 6 heteroatoms. The molecule has 0 unspecified atom stereocenters. The van der Waals surface area contributed by atoms with Gasteiger partial charge in [0.25, 0.3) is 5.91 Å². The first kappa shape index (κ1) is 17.1. The molecule has 2 heterocycles. The van der Waals surface area contributed by atoms with Crippen molar-refractivity contribution >= 4 is 5.91 Å². The first-order valence-electron chi connectivity index (χ1n) is 7.94. The summed E-state index contributed by atoms with van der Waals surface area (Å²) in [7, 11) is 0. The fourth-order valence-electron chi connectivity index (χ4n) is 2.64. The highest BCUT2D eigenvalue weighted by molar-refractivity contribution is 5.95. The highest BCUT2D eigenvalue weighted by Crippen LogP contribution is 2.20. The van der Waals surface area contributed by atoms with Gasteiger partial charge in [0, 0.05) is 5.69 Å². The van der Waals surface area contributed by atoms with E-state index in [1.54, 1.807) is 12.3 Å². The van der Waals surface area contributed by atoms with Gasteiger partial charge in [-0.15, -0.1) is 0 Å². The van der Waals surface area contributed by atoms with Crippen LogP contribution < -0.4 is 5.32 Å². The summed E-state index contributed by atoms with van der Waals surface area (Å²) in [5.41, 5.74) is 2.03. The lowest BCUT2D eigenvalue weighted by molar-refractivity contribution is 0.0938. The van der Waals surface area contributed by atoms with Crippen molar-refractivity contribution in [2.45, 2.75) is 52.6 Å². The maximum absolute atomic E-state index is 12.9. The third-order valence-electron chi connectivity index (χ3n) is 4.12. The highest BCUT2D eigenvalue weighted by atomic mass is 19.1. The van der Waals surface area contributed by atoms with E-state index in [-0.39, 0.29) is 11.9 Å². The van der Waals surface area contributed by atoms with E-state index in [4.69, 9.17) is 0 Å². The molecular formula is C17H23FN4O. The van der Waals surface area contributed by atoms with Crippen LogP contribution in [0.2, 0.25) is 0 Å². The second-order valence-corrected chi connectivity index (χ2v) is 5.65. The van der Waals surface area contributed by atoms with Crippen LogP contribution in [0.15, 0.2) is 24.5 Å². The fourth-order valence-corrected chi connectivity index (χ4v) is 2.64. The lowest BCUT2D eigenvalue weighted by atomic mass is 10.1. The zero-order valence-corrected chi connectivity index (χ0v) is 14.0. The van der Waals surface area contributed by atoms with Crippen LogP contribution in [0.1, 0.15) is 67.4 Å². The normalized spacial score (nSPS) is 12.4. The molecule has 0 spiro atoms. The number of carbonyl (C=O) groups is 1. The Morgan fingerprint density at radius 1 is 1.30 bits per heavy atom. The number of nitrogens with zero attached hydrogens (tertiary/aromatic N) is 3. The summed E-state index contributed by atoms with van der Waals surface area (Å²) in [6.45, 7) is 7.94. The maximum atomic E-state index is 12.9. The van der Waals surface area contributed by atoms with Gasteiger partial charge in [0.1, 0.15) is 5.82 Å². The average Bonchev–Trinajstić information content (AvgIpc) is 2.91. The molecule has 0 radical (unpaired) electrons. The van der Waals surface area contributed by atoms with Gasteiger partial charge in [0.05, 0.1) is 35.7 Å². The lowest BCUT2D eigenvalue weighted by Gasteiger charge is -2.16. The molecule has 0 saturated carbocycles. The van der Waals surface area contributed by atoms with Crippen molar-refractivity contribution in [2.24, 2.45) is 0 Å². The SMILES string of the molecule is CCC(CC)n1ncc(C(=O)N[C@@H](C)c2ccc(F)cn2)c1C. The number of aromatic nitrogens is 3. The van der Waals surface area contributed by atoms with E-state index in [9.17, 15) is 9.18 Å². The summed E-state index contributed by atoms with van der Waals surface area (Å²) in [4.78, 5) is 16.5. The quantitative estimate of drug-likeness (QED) is 0.885. The summed E-state index contributed by atoms with van der Waals surface area (Å²) < 4.78 is 14.8. The molecule has 0 aliphatic rings. The molecule has 0 fully saturated rings. The molecule has 0 aliphatic heterocycles. The second kappa shape index (κ2) is 7.35. The van der Waals surface area contributed by atoms with Crippen molar-refractivity contribution in [3.63, 3.8) is 0 Å². The number of halogens is 1. The Morgan fingerprint density at radius 3 is 2.57 bits per heavy atom. The second-order valence-electron chi connectivity index (χ2n) is 5.65. The smallest absolute Gasteiger partial charge is 0.255 e. The fraction of sp³-hybridized carbons (Fsp3) is 0.471. The van der Waals surface area contributed by atoms with Crippen molar-refractivity contribution in [1.82, 2.24) is 20.1 Å². The monoisotopic (exact) mass is 318 g/mol. The zero-order valence-electron chi connectivity index (χ0n) is 14.0. The van der Waals surface area contributed by atoms with Gasteiger partial charge < -0.3 is 5.32 Å². The summed E-state index contributed by atoms with van der Waals surface area (Å²) in [5.74, 6) is -0.590. The van der Waals surface area contributed by atoms with Crippen molar-refractivity contribution in [2.75, 3.05) is 0 Å². The van der Waals surface area contributed by atoms with Crippen LogP contribution in [0, 0.1) is 12.7 Å². The Morgan fingerprint density at radius 2 is 2.00 bits per heavy atom. The number of hydrogen-bond donors (Lipinski definition) is 1. The van der Waals surface area contributed by atoms with Crippen molar-refractivity contribution in [3.8, 4) is 0 Å². The van der Waals surface area contributed by atoms with E-state index in [0.29, 0.717) is 17.3 Å². The highest BCUT2D eigenvalue weighted by Gasteiger charge is 2.19. The molecule has 5 nitrogen and oxygen atoms in total. The molecule has 1 atom stereocenters. The van der Waals surface area contributed by atoms with Gasteiger partial charge in [0.15, 0.2) is 0 Å². The van der Waals surface area contributed by atoms with Crippen LogP contribution in [-0.2, 0) is 0 Å². The molecule has 0 saturated heterocycles. The number of hydrogen-bond acceptors (Lipinski definition) is 3. The van der Waals surface area contributed by atoms with Crippen LogP contribution in [0.25, 0.3) is 0 Å². The van der Waals surface area contributed by atoms with Gasteiger partial charge in [-0.1, -0.05) is 13.8 Å². The standard InChI is InChI=1S/C17H23FN4O/c1-5-14(6-2)22-12(4)15(10-20-22)17(23)21-11(3)16-8-7-13(18)9-19-16/h7-11,14H,5-6H2,1-4H3,(H,21,23)/t11-/m0/s1. The summed E-state index contributed by atoms with van der Waals surface area (Å²) in [5, 5.41) is 7.24. The van der Waals surface area contributed by atoms with Gasteiger partial charge in [-0.2, -0.15) is 5.10 Å². The first-order chi connectivity index (χ1) is 11.0. The van der Waals surface area contributed by atoms with Gasteiger partial charge in [-0.25, -0.2) is 4.39 Å². The molecule has 1 amide bonds. The topological polar surface area (TPSA) is 59.8 Å². The van der Waals surface area contributed by atoms with Crippen LogP contribution in [0.4, 0.5) is 4.39 Å². The van der Waals surface area contributed by atoms with E-state index >= 15 is 0 Å². The maximum Gasteiger partial charge on any atom is 0.255 e. The summed E-state index contributed by atoms with van der Waals surface area (Å²) >= 11 is 0. The zero-order chi connectivity index (χ0) is 17.0. The molecule has 2 aromatic heterocycles. The van der Waals surface area contributed by atoms with Gasteiger partial charge >= 0.3 is 0 Å². The largest absolute Gasteiger partial charge is 0.344 e. The minimum Gasteiger partial charge on any atom is -0.344 e. The minimum absolute atomic E-state index is 0.196. The third-order valence-corrected chi connectivity index (χ3v) is 4.12. The predicted molar refractivity (Wildman–Crippen MR) is 86.7 cm³/mol. The molecule has 124 valence electrons. The lowest BCUT2D eigenvalue weighted by Crippen LogP contribution is -2.27. The Bertz CT molecular complexity index is 662. The summed E-state index contributed by atoms with van der Waals surface area (Å²) in [6.07, 6.45) is 4.69. The first-order valence-corrected chi connectivity index (χ1v) is 7.94. The molecule has 2 rings (SSSR count). The molecule has 23 heavy (non-hydrogen) atoms. The summed E-state index contributed by atoms with van der Waals surface area (Å²) in [6, 6.07) is 2.90. The number of carbonyl (C=O) groups excluding carboxylic acids is 1. The number of pyridine rings is 1. The van der Waals surface area contributed by atoms with E-state index in [2.05, 4.69) is 29.2 Å². The minimum atomic E-state index is -0.394. The molecule has 0 aliphatic carbocycles. The third kappa shape index (κ3) is 3.75. The van der Waals surface area contributed by atoms with Crippen LogP contribution in [0.3, 0.4) is 0 Å². The number of rotatable bonds is 6. The Hall–Kier alpha value is -2.24. The van der Waals surface area contributed by atoms with Crippen LogP contribution in [-0.4, -0.2) is 20.7 Å². The van der Waals surface area contributed by atoms with Crippen molar-refractivity contribution < 1.29 is 9.18 Å². The van der Waals surface area contributed by atoms with Gasteiger partial charge in [-0.05, 0) is 38.8 Å². The van der Waals surface area contributed by atoms with E-state index < -0.39 is 5.82 Å². The molecular weight excluding hydrogens is 295 g/mol. The number of amides is 1. The van der Waals surface area contributed by atoms with Crippen LogP contribution >= 0.6 is 0 Å². The molecule has 0 aromatic carbocycles. The Labute approximate surface area is 135 Å². The number of nitrogens with one attached hydrogen (secondary N) is 1. The van der Waals surface area contributed by atoms with Crippen molar-refractivity contribution in [1.29, 1.82) is 0 Å². The van der Waals surface area contributed by atoms with Crippen LogP contribution in [0.5, 0.6) is 0 Å².